The fourth-order valence-corrected chi connectivity index (χ4v) is 5.79. The average Bonchev–Trinajstić information content (AvgIpc) is 3.72. The number of benzene rings is 4. The van der Waals surface area contributed by atoms with Gasteiger partial charge in [0.05, 0.1) is 12.2 Å². The Balaban J connectivity index is 1.06. The highest BCUT2D eigenvalue weighted by atomic mass is 16.6. The molecule has 0 bridgehead atoms. The molecule has 4 aromatic carbocycles. The Labute approximate surface area is 267 Å². The molecule has 2 saturated heterocycles. The molecule has 2 aliphatic heterocycles. The van der Waals surface area contributed by atoms with Crippen LogP contribution in [0.1, 0.15) is 44.7 Å². The Morgan fingerprint density at radius 1 is 0.630 bits per heavy atom. The zero-order valence-corrected chi connectivity index (χ0v) is 25.6. The Morgan fingerprint density at radius 2 is 1.00 bits per heavy atom. The molecule has 2 aliphatic rings. The molecule has 0 aromatic heterocycles. The van der Waals surface area contributed by atoms with Crippen molar-refractivity contribution in [3.8, 4) is 0 Å². The Morgan fingerprint density at radius 3 is 1.33 bits per heavy atom. The van der Waals surface area contributed by atoms with Crippen LogP contribution in [0.5, 0.6) is 0 Å². The molecule has 0 saturated carbocycles. The number of amides is 2. The summed E-state index contributed by atoms with van der Waals surface area (Å²) in [6, 6.07) is 29.4. The van der Waals surface area contributed by atoms with Gasteiger partial charge in [0.25, 0.3) is 11.8 Å². The first-order valence-electron chi connectivity index (χ1n) is 15.4. The first-order valence-corrected chi connectivity index (χ1v) is 15.4. The van der Waals surface area contributed by atoms with Gasteiger partial charge >= 0.3 is 0 Å². The van der Waals surface area contributed by atoms with E-state index in [0.717, 1.165) is 48.4 Å². The molecule has 236 valence electrons. The lowest BCUT2D eigenvalue weighted by molar-refractivity contribution is 0.101. The van der Waals surface area contributed by atoms with Gasteiger partial charge in [0.1, 0.15) is 12.8 Å². The molecule has 4 aromatic rings. The number of oxime groups is 1. The summed E-state index contributed by atoms with van der Waals surface area (Å²) in [4.78, 5) is 35.1. The van der Waals surface area contributed by atoms with E-state index in [9.17, 15) is 19.8 Å². The van der Waals surface area contributed by atoms with Crippen LogP contribution in [0.4, 0.5) is 22.7 Å². The van der Waals surface area contributed by atoms with Gasteiger partial charge in [-0.25, -0.2) is 0 Å². The topological polar surface area (TPSA) is 127 Å². The SMILES string of the molecule is CON=C(c1ccc(NC(=O)c2ccc(N3CCC(O)C3)cc2)cc1)c1ccc(NC(=O)c2ccc(N3CCC(O)C3)cc2)cc1. The number of carbonyl (C=O) groups is 2. The Hall–Kier alpha value is -5.19. The number of aliphatic hydroxyl groups excluding tert-OH is 2. The second kappa shape index (κ2) is 13.8. The number of nitrogens with zero attached hydrogens (tertiary/aromatic N) is 3. The van der Waals surface area contributed by atoms with E-state index in [1.807, 2.05) is 72.8 Å². The van der Waals surface area contributed by atoms with Gasteiger partial charge in [-0.3, -0.25) is 9.59 Å². The van der Waals surface area contributed by atoms with Crippen LogP contribution in [0.3, 0.4) is 0 Å². The van der Waals surface area contributed by atoms with Crippen LogP contribution in [0.2, 0.25) is 0 Å². The van der Waals surface area contributed by atoms with Gasteiger partial charge in [-0.2, -0.15) is 0 Å². The fourth-order valence-electron chi connectivity index (χ4n) is 5.79. The van der Waals surface area contributed by atoms with Gasteiger partial charge in [0, 0.05) is 71.2 Å². The van der Waals surface area contributed by atoms with Crippen LogP contribution in [-0.2, 0) is 4.84 Å². The summed E-state index contributed by atoms with van der Waals surface area (Å²) in [5.74, 6) is -0.432. The van der Waals surface area contributed by atoms with Gasteiger partial charge in [0.15, 0.2) is 0 Å². The van der Waals surface area contributed by atoms with E-state index in [1.165, 1.54) is 7.11 Å². The van der Waals surface area contributed by atoms with Gasteiger partial charge in [-0.05, 0) is 85.6 Å². The normalized spacial score (nSPS) is 17.5. The van der Waals surface area contributed by atoms with E-state index in [4.69, 9.17) is 4.84 Å². The van der Waals surface area contributed by atoms with E-state index < -0.39 is 0 Å². The maximum atomic E-state index is 12.9. The van der Waals surface area contributed by atoms with Crippen LogP contribution in [-0.4, -0.2) is 73.2 Å². The summed E-state index contributed by atoms with van der Waals surface area (Å²) in [6.45, 7) is 2.82. The third-order valence-corrected chi connectivity index (χ3v) is 8.33. The molecule has 0 aliphatic carbocycles. The molecule has 0 radical (unpaired) electrons. The lowest BCUT2D eigenvalue weighted by Crippen LogP contribution is -2.21. The number of nitrogens with one attached hydrogen (secondary N) is 2. The van der Waals surface area contributed by atoms with Gasteiger partial charge in [0.2, 0.25) is 0 Å². The van der Waals surface area contributed by atoms with Crippen LogP contribution in [0.15, 0.2) is 102 Å². The molecule has 2 fully saturated rings. The molecule has 10 nitrogen and oxygen atoms in total. The first-order chi connectivity index (χ1) is 22.4. The van der Waals surface area contributed by atoms with E-state index in [1.54, 1.807) is 24.3 Å². The zero-order chi connectivity index (χ0) is 32.0. The summed E-state index contributed by atoms with van der Waals surface area (Å²) in [5.41, 5.74) is 6.53. The maximum Gasteiger partial charge on any atom is 0.255 e. The smallest absolute Gasteiger partial charge is 0.255 e. The Kier molecular flexibility index (Phi) is 9.28. The van der Waals surface area contributed by atoms with Crippen molar-refractivity contribution in [1.29, 1.82) is 0 Å². The monoisotopic (exact) mass is 619 g/mol. The predicted octanol–water partition coefficient (Wildman–Crippen LogP) is 4.73. The average molecular weight is 620 g/mol. The third kappa shape index (κ3) is 7.20. The quantitative estimate of drug-likeness (QED) is 0.158. The van der Waals surface area contributed by atoms with E-state index in [2.05, 4.69) is 25.6 Å². The van der Waals surface area contributed by atoms with Gasteiger partial charge < -0.3 is 35.5 Å². The van der Waals surface area contributed by atoms with E-state index >= 15 is 0 Å². The number of hydrogen-bond acceptors (Lipinski definition) is 8. The molecule has 2 atom stereocenters. The molecule has 2 unspecified atom stereocenters. The second-order valence-corrected chi connectivity index (χ2v) is 11.6. The highest BCUT2D eigenvalue weighted by molar-refractivity contribution is 6.13. The zero-order valence-electron chi connectivity index (χ0n) is 25.6. The molecule has 4 N–H and O–H groups in total. The summed E-state index contributed by atoms with van der Waals surface area (Å²) in [6.07, 6.45) is 0.891. The first kappa shape index (κ1) is 30.8. The third-order valence-electron chi connectivity index (χ3n) is 8.33. The van der Waals surface area contributed by atoms with Crippen LogP contribution < -0.4 is 20.4 Å². The minimum absolute atomic E-state index is 0.216. The van der Waals surface area contributed by atoms with E-state index in [-0.39, 0.29) is 24.0 Å². The summed E-state index contributed by atoms with van der Waals surface area (Å²) < 4.78 is 0. The highest BCUT2D eigenvalue weighted by Gasteiger charge is 2.22. The molecular formula is C36H37N5O5. The lowest BCUT2D eigenvalue weighted by Gasteiger charge is -2.18. The fraction of sp³-hybridized carbons (Fsp3) is 0.250. The van der Waals surface area contributed by atoms with Crippen molar-refractivity contribution in [2.75, 3.05) is 53.7 Å². The van der Waals surface area contributed by atoms with Crippen LogP contribution in [0.25, 0.3) is 0 Å². The maximum absolute atomic E-state index is 12.9. The summed E-state index contributed by atoms with van der Waals surface area (Å²) >= 11 is 0. The number of rotatable bonds is 9. The highest BCUT2D eigenvalue weighted by Crippen LogP contribution is 2.24. The number of β-amino-alcohol motifs (C(OH)–C–C–N with tert-alkyl or cyclic N) is 2. The lowest BCUT2D eigenvalue weighted by atomic mass is 10.0. The summed E-state index contributed by atoms with van der Waals surface area (Å²) in [5, 5.41) is 29.7. The summed E-state index contributed by atoms with van der Waals surface area (Å²) in [7, 11) is 1.48. The largest absolute Gasteiger partial charge is 0.399 e. The molecule has 46 heavy (non-hydrogen) atoms. The van der Waals surface area contributed by atoms with Gasteiger partial charge in [-0.15, -0.1) is 0 Å². The molecule has 0 spiro atoms. The molecule has 10 heteroatoms. The van der Waals surface area contributed by atoms with Crippen molar-refractivity contribution in [2.24, 2.45) is 5.16 Å². The van der Waals surface area contributed by atoms with Crippen molar-refractivity contribution in [3.05, 3.63) is 119 Å². The number of anilines is 4. The standard InChI is InChI=1S/C36H37N5O5/c1-46-39-34(24-2-10-28(11-3-24)37-35(44)26-6-14-30(15-7-26)40-20-18-32(42)22-40)25-4-12-29(13-5-25)38-36(45)27-8-16-31(17-9-27)41-21-19-33(43)23-41/h2-17,32-33,42-43H,18-23H2,1H3,(H,37,44)(H,38,45). The number of carbonyl (C=O) groups excluding carboxylic acids is 2. The molecule has 2 amide bonds. The van der Waals surface area contributed by atoms with Crippen molar-refractivity contribution >= 4 is 40.3 Å². The van der Waals surface area contributed by atoms with Crippen LogP contribution in [0, 0.1) is 0 Å². The molecule has 6 rings (SSSR count). The van der Waals surface area contributed by atoms with E-state index in [0.29, 0.717) is 41.3 Å². The predicted molar refractivity (Wildman–Crippen MR) is 180 cm³/mol. The van der Waals surface area contributed by atoms with Crippen molar-refractivity contribution < 1.29 is 24.6 Å². The van der Waals surface area contributed by atoms with Crippen molar-refractivity contribution in [2.45, 2.75) is 25.0 Å². The molecular weight excluding hydrogens is 582 g/mol. The van der Waals surface area contributed by atoms with Crippen molar-refractivity contribution in [1.82, 2.24) is 0 Å². The number of hydrogen-bond donors (Lipinski definition) is 4. The minimum atomic E-state index is -0.306. The van der Waals surface area contributed by atoms with Crippen molar-refractivity contribution in [3.63, 3.8) is 0 Å². The van der Waals surface area contributed by atoms with Gasteiger partial charge in [-0.1, -0.05) is 29.4 Å². The molecule has 2 heterocycles. The second-order valence-electron chi connectivity index (χ2n) is 11.6. The Bertz CT molecular complexity index is 1570. The number of aliphatic hydroxyl groups is 2. The van der Waals surface area contributed by atoms with Crippen LogP contribution >= 0.6 is 0 Å². The minimum Gasteiger partial charge on any atom is -0.399 e.